The normalized spacial score (nSPS) is 10.1. The van der Waals surface area contributed by atoms with E-state index in [1.165, 1.54) is 0 Å². The molecular formula is C12H14BrN5. The van der Waals surface area contributed by atoms with Gasteiger partial charge in [0, 0.05) is 38.1 Å². The van der Waals surface area contributed by atoms with Gasteiger partial charge < -0.3 is 10.6 Å². The van der Waals surface area contributed by atoms with Gasteiger partial charge in [-0.15, -0.1) is 0 Å². The first-order chi connectivity index (χ1) is 8.79. The Morgan fingerprint density at radius 1 is 1.28 bits per heavy atom. The molecule has 2 aromatic heterocycles. The standard InChI is InChI=1S/C12H14BrN5/c1-14-12-17-8-10(13)11(18-12)16-7-5-9-4-2-3-6-15-9/h2-4,6,8H,5,7H2,1H3,(H2,14,16,17,18). The number of nitrogens with zero attached hydrogens (tertiary/aromatic N) is 3. The lowest BCUT2D eigenvalue weighted by atomic mass is 10.3. The van der Waals surface area contributed by atoms with Crippen LogP contribution in [0.2, 0.25) is 0 Å². The summed E-state index contributed by atoms with van der Waals surface area (Å²) in [5.41, 5.74) is 1.06. The van der Waals surface area contributed by atoms with E-state index in [0.717, 1.165) is 29.0 Å². The Labute approximate surface area is 114 Å². The van der Waals surface area contributed by atoms with Crippen LogP contribution in [0.3, 0.4) is 0 Å². The van der Waals surface area contributed by atoms with Gasteiger partial charge in [0.25, 0.3) is 0 Å². The van der Waals surface area contributed by atoms with Crippen molar-refractivity contribution >= 4 is 27.7 Å². The van der Waals surface area contributed by atoms with Crippen LogP contribution in [-0.4, -0.2) is 28.5 Å². The monoisotopic (exact) mass is 307 g/mol. The lowest BCUT2D eigenvalue weighted by Gasteiger charge is -2.08. The maximum absolute atomic E-state index is 4.32. The molecule has 5 nitrogen and oxygen atoms in total. The molecule has 0 unspecified atom stereocenters. The zero-order chi connectivity index (χ0) is 12.8. The molecule has 18 heavy (non-hydrogen) atoms. The number of halogens is 1. The topological polar surface area (TPSA) is 62.7 Å². The van der Waals surface area contributed by atoms with E-state index in [4.69, 9.17) is 0 Å². The summed E-state index contributed by atoms with van der Waals surface area (Å²) in [6.45, 7) is 0.774. The molecule has 0 aliphatic carbocycles. The zero-order valence-electron chi connectivity index (χ0n) is 10.0. The zero-order valence-corrected chi connectivity index (χ0v) is 11.6. The van der Waals surface area contributed by atoms with Crippen molar-refractivity contribution in [2.24, 2.45) is 0 Å². The minimum Gasteiger partial charge on any atom is -0.369 e. The Kier molecular flexibility index (Phi) is 4.46. The summed E-state index contributed by atoms with van der Waals surface area (Å²) in [4.78, 5) is 12.7. The number of aromatic nitrogens is 3. The number of nitrogens with one attached hydrogen (secondary N) is 2. The molecule has 0 amide bonds. The van der Waals surface area contributed by atoms with Gasteiger partial charge in [-0.25, -0.2) is 4.98 Å². The van der Waals surface area contributed by atoms with E-state index >= 15 is 0 Å². The highest BCUT2D eigenvalue weighted by molar-refractivity contribution is 9.10. The van der Waals surface area contributed by atoms with Gasteiger partial charge >= 0.3 is 0 Å². The summed E-state index contributed by atoms with van der Waals surface area (Å²) in [7, 11) is 1.79. The van der Waals surface area contributed by atoms with Crippen LogP contribution >= 0.6 is 15.9 Å². The minimum atomic E-state index is 0.596. The first-order valence-electron chi connectivity index (χ1n) is 5.63. The lowest BCUT2D eigenvalue weighted by molar-refractivity contribution is 0.949. The molecule has 0 aliphatic heterocycles. The van der Waals surface area contributed by atoms with Crippen LogP contribution in [0.25, 0.3) is 0 Å². The summed E-state index contributed by atoms with van der Waals surface area (Å²) < 4.78 is 0.850. The average Bonchev–Trinajstić information content (AvgIpc) is 2.42. The molecule has 0 saturated carbocycles. The van der Waals surface area contributed by atoms with E-state index in [9.17, 15) is 0 Å². The molecular weight excluding hydrogens is 294 g/mol. The molecule has 0 aromatic carbocycles. The van der Waals surface area contributed by atoms with Crippen LogP contribution in [0.15, 0.2) is 35.1 Å². The van der Waals surface area contributed by atoms with Gasteiger partial charge in [0.15, 0.2) is 0 Å². The molecule has 0 spiro atoms. The molecule has 0 bridgehead atoms. The smallest absolute Gasteiger partial charge is 0.224 e. The first-order valence-corrected chi connectivity index (χ1v) is 6.43. The molecule has 0 atom stereocenters. The summed E-state index contributed by atoms with van der Waals surface area (Å²) in [5.74, 6) is 1.38. The largest absolute Gasteiger partial charge is 0.369 e. The molecule has 0 radical (unpaired) electrons. The lowest BCUT2D eigenvalue weighted by Crippen LogP contribution is -2.09. The number of hydrogen-bond donors (Lipinski definition) is 2. The molecule has 0 saturated heterocycles. The van der Waals surface area contributed by atoms with Gasteiger partial charge in [-0.3, -0.25) is 4.98 Å². The maximum Gasteiger partial charge on any atom is 0.224 e. The molecule has 2 heterocycles. The molecule has 94 valence electrons. The highest BCUT2D eigenvalue weighted by atomic mass is 79.9. The van der Waals surface area contributed by atoms with Crippen LogP contribution in [0.4, 0.5) is 11.8 Å². The molecule has 6 heteroatoms. The second-order valence-electron chi connectivity index (χ2n) is 3.64. The number of pyridine rings is 1. The molecule has 2 aromatic rings. The number of rotatable bonds is 5. The fourth-order valence-electron chi connectivity index (χ4n) is 1.47. The third kappa shape index (κ3) is 3.40. The van der Waals surface area contributed by atoms with E-state index in [1.807, 2.05) is 18.2 Å². The van der Waals surface area contributed by atoms with E-state index in [2.05, 4.69) is 41.5 Å². The van der Waals surface area contributed by atoms with Crippen molar-refractivity contribution < 1.29 is 0 Å². The van der Waals surface area contributed by atoms with Crippen molar-refractivity contribution in [1.82, 2.24) is 15.0 Å². The maximum atomic E-state index is 4.32. The molecule has 0 fully saturated rings. The second-order valence-corrected chi connectivity index (χ2v) is 4.49. The van der Waals surface area contributed by atoms with Crippen LogP contribution in [0, 0.1) is 0 Å². The van der Waals surface area contributed by atoms with Gasteiger partial charge in [-0.1, -0.05) is 6.07 Å². The molecule has 0 aliphatic rings. The van der Waals surface area contributed by atoms with E-state index in [1.54, 1.807) is 19.4 Å². The van der Waals surface area contributed by atoms with E-state index in [0.29, 0.717) is 5.95 Å². The molecule has 2 rings (SSSR count). The third-order valence-corrected chi connectivity index (χ3v) is 2.95. The fourth-order valence-corrected chi connectivity index (χ4v) is 1.80. The predicted octanol–water partition coefficient (Wildman–Crippen LogP) is 2.33. The Morgan fingerprint density at radius 2 is 2.17 bits per heavy atom. The van der Waals surface area contributed by atoms with Crippen molar-refractivity contribution in [3.05, 3.63) is 40.8 Å². The summed E-state index contributed by atoms with van der Waals surface area (Å²) >= 11 is 3.42. The summed E-state index contributed by atoms with van der Waals surface area (Å²) in [5, 5.41) is 6.17. The first kappa shape index (κ1) is 12.8. The highest BCUT2D eigenvalue weighted by Gasteiger charge is 2.03. The van der Waals surface area contributed by atoms with Crippen molar-refractivity contribution in [3.63, 3.8) is 0 Å². The third-order valence-electron chi connectivity index (χ3n) is 2.37. The van der Waals surface area contributed by atoms with Crippen molar-refractivity contribution in [2.75, 3.05) is 24.2 Å². The van der Waals surface area contributed by atoms with E-state index < -0.39 is 0 Å². The van der Waals surface area contributed by atoms with Crippen LogP contribution in [-0.2, 0) is 6.42 Å². The van der Waals surface area contributed by atoms with Crippen molar-refractivity contribution in [1.29, 1.82) is 0 Å². The van der Waals surface area contributed by atoms with Gasteiger partial charge in [0.2, 0.25) is 5.95 Å². The van der Waals surface area contributed by atoms with Crippen LogP contribution in [0.5, 0.6) is 0 Å². The Bertz CT molecular complexity index is 503. The van der Waals surface area contributed by atoms with Crippen molar-refractivity contribution in [3.8, 4) is 0 Å². The second kappa shape index (κ2) is 6.30. The quantitative estimate of drug-likeness (QED) is 0.887. The van der Waals surface area contributed by atoms with Crippen LogP contribution < -0.4 is 10.6 Å². The van der Waals surface area contributed by atoms with Gasteiger partial charge in [0.1, 0.15) is 5.82 Å². The predicted molar refractivity (Wildman–Crippen MR) is 75.7 cm³/mol. The Hall–Kier alpha value is -1.69. The number of hydrogen-bond acceptors (Lipinski definition) is 5. The summed E-state index contributed by atoms with van der Waals surface area (Å²) in [6.07, 6.45) is 4.38. The fraction of sp³-hybridized carbons (Fsp3) is 0.250. The molecule has 2 N–H and O–H groups in total. The highest BCUT2D eigenvalue weighted by Crippen LogP contribution is 2.19. The average molecular weight is 308 g/mol. The van der Waals surface area contributed by atoms with Gasteiger partial charge in [-0.2, -0.15) is 4.98 Å². The Morgan fingerprint density at radius 3 is 2.89 bits per heavy atom. The summed E-state index contributed by atoms with van der Waals surface area (Å²) in [6, 6.07) is 5.91. The van der Waals surface area contributed by atoms with Gasteiger partial charge in [0.05, 0.1) is 4.47 Å². The number of anilines is 2. The minimum absolute atomic E-state index is 0.596. The Balaban J connectivity index is 1.94. The van der Waals surface area contributed by atoms with E-state index in [-0.39, 0.29) is 0 Å². The SMILES string of the molecule is CNc1ncc(Br)c(NCCc2ccccn2)n1. The van der Waals surface area contributed by atoms with Gasteiger partial charge in [-0.05, 0) is 28.1 Å². The van der Waals surface area contributed by atoms with Crippen LogP contribution in [0.1, 0.15) is 5.69 Å². The van der Waals surface area contributed by atoms with Crippen molar-refractivity contribution in [2.45, 2.75) is 6.42 Å².